The molecule has 0 aliphatic rings. The molecule has 1 N–H and O–H groups in total. The van der Waals surface area contributed by atoms with Gasteiger partial charge in [0.25, 0.3) is 0 Å². The first-order chi connectivity index (χ1) is 8.08. The van der Waals surface area contributed by atoms with Crippen LogP contribution in [-0.2, 0) is 9.57 Å². The van der Waals surface area contributed by atoms with E-state index in [2.05, 4.69) is 5.48 Å². The number of nitrogens with one attached hydrogen (secondary N) is 1. The molecule has 0 unspecified atom stereocenters. The summed E-state index contributed by atoms with van der Waals surface area (Å²) >= 11 is 0. The molecule has 0 fully saturated rings. The fourth-order valence-corrected chi connectivity index (χ4v) is 1.35. The van der Waals surface area contributed by atoms with Crippen LogP contribution in [0, 0.1) is 0 Å². The van der Waals surface area contributed by atoms with Crippen molar-refractivity contribution in [2.75, 3.05) is 19.7 Å². The summed E-state index contributed by atoms with van der Waals surface area (Å²) in [5.41, 5.74) is 2.05. The van der Waals surface area contributed by atoms with E-state index in [-0.39, 0.29) is 11.6 Å². The third kappa shape index (κ3) is 7.50. The highest BCUT2D eigenvalue weighted by Gasteiger charge is 2.30. The van der Waals surface area contributed by atoms with E-state index < -0.39 is 5.60 Å². The zero-order chi connectivity index (χ0) is 14.4. The Balaban J connectivity index is 4.45. The van der Waals surface area contributed by atoms with Crippen molar-refractivity contribution in [3.63, 3.8) is 0 Å². The Morgan fingerprint density at radius 2 is 1.72 bits per heavy atom. The Morgan fingerprint density at radius 1 is 1.17 bits per heavy atom. The monoisotopic (exact) mass is 260 g/mol. The van der Waals surface area contributed by atoms with Crippen LogP contribution in [-0.4, -0.2) is 41.8 Å². The van der Waals surface area contributed by atoms with E-state index in [9.17, 15) is 4.79 Å². The van der Waals surface area contributed by atoms with Crippen molar-refractivity contribution in [1.29, 1.82) is 0 Å². The minimum Gasteiger partial charge on any atom is -0.444 e. The molecule has 108 valence electrons. The summed E-state index contributed by atoms with van der Waals surface area (Å²) < 4.78 is 5.40. The fraction of sp³-hybridized carbons (Fsp3) is 0.923. The molecule has 5 nitrogen and oxygen atoms in total. The van der Waals surface area contributed by atoms with Crippen molar-refractivity contribution >= 4 is 6.09 Å². The Kier molecular flexibility index (Phi) is 6.63. The normalized spacial score (nSPS) is 12.4. The molecule has 0 aromatic rings. The highest BCUT2D eigenvalue weighted by atomic mass is 16.6. The van der Waals surface area contributed by atoms with E-state index in [1.54, 1.807) is 4.90 Å². The SMILES string of the molecule is CCONCCN(C(=O)OC(C)(C)C)C(C)(C)C. The van der Waals surface area contributed by atoms with Gasteiger partial charge in [-0.3, -0.25) is 0 Å². The molecule has 0 saturated carbocycles. The minimum atomic E-state index is -0.478. The number of hydrogen-bond donors (Lipinski definition) is 1. The zero-order valence-electron chi connectivity index (χ0n) is 12.8. The van der Waals surface area contributed by atoms with Crippen molar-refractivity contribution in [2.24, 2.45) is 0 Å². The van der Waals surface area contributed by atoms with Gasteiger partial charge in [-0.25, -0.2) is 10.3 Å². The fourth-order valence-electron chi connectivity index (χ4n) is 1.35. The maximum absolute atomic E-state index is 12.1. The van der Waals surface area contributed by atoms with E-state index in [0.717, 1.165) is 0 Å². The van der Waals surface area contributed by atoms with Gasteiger partial charge in [0.15, 0.2) is 0 Å². The minimum absolute atomic E-state index is 0.282. The molecule has 0 radical (unpaired) electrons. The largest absolute Gasteiger partial charge is 0.444 e. The van der Waals surface area contributed by atoms with Gasteiger partial charge < -0.3 is 14.5 Å². The molecule has 0 heterocycles. The average Bonchev–Trinajstić information content (AvgIpc) is 2.12. The number of hydroxylamine groups is 1. The van der Waals surface area contributed by atoms with Gasteiger partial charge in [-0.1, -0.05) is 0 Å². The molecule has 0 rings (SSSR count). The summed E-state index contributed by atoms with van der Waals surface area (Å²) in [5, 5.41) is 0. The van der Waals surface area contributed by atoms with Gasteiger partial charge in [-0.15, -0.1) is 0 Å². The maximum Gasteiger partial charge on any atom is 0.410 e. The lowest BCUT2D eigenvalue weighted by molar-refractivity contribution is -0.00186. The van der Waals surface area contributed by atoms with E-state index in [0.29, 0.717) is 19.7 Å². The molecule has 0 aromatic carbocycles. The number of hydrogen-bond acceptors (Lipinski definition) is 4. The summed E-state index contributed by atoms with van der Waals surface area (Å²) in [5.74, 6) is 0. The summed E-state index contributed by atoms with van der Waals surface area (Å²) in [6.45, 7) is 15.2. The zero-order valence-corrected chi connectivity index (χ0v) is 12.8. The molecule has 0 aliphatic carbocycles. The summed E-state index contributed by atoms with van der Waals surface area (Å²) in [6, 6.07) is 0. The van der Waals surface area contributed by atoms with E-state index >= 15 is 0 Å². The van der Waals surface area contributed by atoms with Gasteiger partial charge in [0.1, 0.15) is 5.60 Å². The van der Waals surface area contributed by atoms with Gasteiger partial charge in [-0.05, 0) is 48.5 Å². The van der Waals surface area contributed by atoms with Gasteiger partial charge in [-0.2, -0.15) is 0 Å². The first-order valence-corrected chi connectivity index (χ1v) is 6.43. The van der Waals surface area contributed by atoms with Crippen LogP contribution in [0.1, 0.15) is 48.5 Å². The van der Waals surface area contributed by atoms with Crippen LogP contribution in [0.25, 0.3) is 0 Å². The quantitative estimate of drug-likeness (QED) is 0.609. The van der Waals surface area contributed by atoms with Crippen LogP contribution in [0.4, 0.5) is 4.79 Å². The first kappa shape index (κ1) is 17.2. The lowest BCUT2D eigenvalue weighted by Gasteiger charge is -2.36. The number of ether oxygens (including phenoxy) is 1. The van der Waals surface area contributed by atoms with Gasteiger partial charge in [0.05, 0.1) is 6.61 Å². The van der Waals surface area contributed by atoms with E-state index in [1.807, 2.05) is 48.5 Å². The van der Waals surface area contributed by atoms with Crippen molar-refractivity contribution in [3.8, 4) is 0 Å². The van der Waals surface area contributed by atoms with Crippen LogP contribution in [0.2, 0.25) is 0 Å². The Bertz CT molecular complexity index is 254. The Morgan fingerprint density at radius 3 is 2.11 bits per heavy atom. The standard InChI is InChI=1S/C13H28N2O3/c1-8-17-14-9-10-15(12(2,3)4)11(16)18-13(5,6)7/h14H,8-10H2,1-7H3. The number of rotatable bonds is 5. The number of carbonyl (C=O) groups excluding carboxylic acids is 1. The molecule has 1 amide bonds. The molecule has 0 spiro atoms. The smallest absolute Gasteiger partial charge is 0.410 e. The van der Waals surface area contributed by atoms with Crippen molar-refractivity contribution in [3.05, 3.63) is 0 Å². The molecule has 18 heavy (non-hydrogen) atoms. The van der Waals surface area contributed by atoms with Crippen LogP contribution in [0.15, 0.2) is 0 Å². The van der Waals surface area contributed by atoms with Gasteiger partial charge in [0.2, 0.25) is 0 Å². The highest BCUT2D eigenvalue weighted by molar-refractivity contribution is 5.69. The molecule has 0 saturated heterocycles. The number of carbonyl (C=O) groups is 1. The van der Waals surface area contributed by atoms with E-state index in [1.165, 1.54) is 0 Å². The lowest BCUT2D eigenvalue weighted by atomic mass is 10.1. The second kappa shape index (κ2) is 6.95. The first-order valence-electron chi connectivity index (χ1n) is 6.43. The van der Waals surface area contributed by atoms with Gasteiger partial charge in [0, 0.05) is 18.6 Å². The Labute approximate surface area is 111 Å². The second-order valence-corrected chi connectivity index (χ2v) is 6.13. The lowest BCUT2D eigenvalue weighted by Crippen LogP contribution is -2.50. The average molecular weight is 260 g/mol. The molecule has 0 atom stereocenters. The maximum atomic E-state index is 12.1. The molecule has 0 aliphatic heterocycles. The van der Waals surface area contributed by atoms with Crippen molar-refractivity contribution < 1.29 is 14.4 Å². The van der Waals surface area contributed by atoms with Crippen molar-refractivity contribution in [2.45, 2.75) is 59.6 Å². The molecule has 0 bridgehead atoms. The number of amides is 1. The van der Waals surface area contributed by atoms with Crippen LogP contribution in [0.3, 0.4) is 0 Å². The summed E-state index contributed by atoms with van der Waals surface area (Å²) in [6.07, 6.45) is -0.298. The summed E-state index contributed by atoms with van der Waals surface area (Å²) in [7, 11) is 0. The van der Waals surface area contributed by atoms with Crippen molar-refractivity contribution in [1.82, 2.24) is 10.4 Å². The number of nitrogens with zero attached hydrogens (tertiary/aromatic N) is 1. The van der Waals surface area contributed by atoms with Gasteiger partial charge >= 0.3 is 6.09 Å². The van der Waals surface area contributed by atoms with Crippen LogP contribution in [0.5, 0.6) is 0 Å². The third-order valence-electron chi connectivity index (χ3n) is 2.11. The topological polar surface area (TPSA) is 50.8 Å². The molecule has 5 heteroatoms. The van der Waals surface area contributed by atoms with E-state index in [4.69, 9.17) is 9.57 Å². The summed E-state index contributed by atoms with van der Waals surface area (Å²) in [4.78, 5) is 18.9. The predicted molar refractivity (Wildman–Crippen MR) is 72.3 cm³/mol. The molecule has 0 aromatic heterocycles. The third-order valence-corrected chi connectivity index (χ3v) is 2.11. The van der Waals surface area contributed by atoms with Crippen LogP contribution < -0.4 is 5.48 Å². The predicted octanol–water partition coefficient (Wildman–Crippen LogP) is 2.56. The van der Waals surface area contributed by atoms with Crippen LogP contribution >= 0.6 is 0 Å². The molecular formula is C13H28N2O3. The highest BCUT2D eigenvalue weighted by Crippen LogP contribution is 2.17. The molecular weight excluding hydrogens is 232 g/mol. The second-order valence-electron chi connectivity index (χ2n) is 6.13. The Hall–Kier alpha value is -0.810.